The standard InChI is InChI=1S/C24H21N3O2/c1-16-7-9-17(10-8-16)22-15-23(27-21-6-4-3-5-20(21)26-22)24(28)25-18-11-13-19(29-2)14-12-18/h3-14H,15H2,1-2H3,(H,25,28). The zero-order chi connectivity index (χ0) is 20.2. The molecule has 0 spiro atoms. The summed E-state index contributed by atoms with van der Waals surface area (Å²) in [5.74, 6) is 0.490. The minimum Gasteiger partial charge on any atom is -0.497 e. The second kappa shape index (κ2) is 8.10. The van der Waals surface area contributed by atoms with Gasteiger partial charge in [-0.15, -0.1) is 0 Å². The Balaban J connectivity index is 1.67. The third-order valence-electron chi connectivity index (χ3n) is 4.72. The molecule has 4 rings (SSSR count). The Morgan fingerprint density at radius 2 is 1.55 bits per heavy atom. The Morgan fingerprint density at radius 3 is 2.21 bits per heavy atom. The van der Waals surface area contributed by atoms with Crippen LogP contribution in [0.5, 0.6) is 5.75 Å². The summed E-state index contributed by atoms with van der Waals surface area (Å²) in [6.45, 7) is 2.04. The highest BCUT2D eigenvalue weighted by Gasteiger charge is 2.20. The topological polar surface area (TPSA) is 63.0 Å². The summed E-state index contributed by atoms with van der Waals surface area (Å²) in [7, 11) is 1.61. The number of carbonyl (C=O) groups excluding carboxylic acids is 1. The third-order valence-corrected chi connectivity index (χ3v) is 4.72. The molecule has 0 unspecified atom stereocenters. The number of aryl methyl sites for hydroxylation is 1. The molecule has 3 aromatic carbocycles. The molecule has 0 saturated heterocycles. The van der Waals surface area contributed by atoms with Crippen molar-refractivity contribution in [2.75, 3.05) is 12.4 Å². The first-order valence-corrected chi connectivity index (χ1v) is 9.39. The summed E-state index contributed by atoms with van der Waals surface area (Å²) in [4.78, 5) is 22.4. The summed E-state index contributed by atoms with van der Waals surface area (Å²) < 4.78 is 5.17. The molecular weight excluding hydrogens is 362 g/mol. The van der Waals surface area contributed by atoms with E-state index in [2.05, 4.69) is 10.3 Å². The molecule has 0 radical (unpaired) electrons. The fourth-order valence-corrected chi connectivity index (χ4v) is 3.10. The van der Waals surface area contributed by atoms with E-state index in [9.17, 15) is 4.79 Å². The summed E-state index contributed by atoms with van der Waals surface area (Å²) in [5.41, 5.74) is 5.53. The molecule has 5 heteroatoms. The lowest BCUT2D eigenvalue weighted by atomic mass is 10.0. The summed E-state index contributed by atoms with van der Waals surface area (Å²) in [6.07, 6.45) is 0.347. The SMILES string of the molecule is COc1ccc(NC(=O)C2=Nc3ccccc3N=C(c3ccc(C)cc3)C2)cc1. The van der Waals surface area contributed by atoms with Gasteiger partial charge in [-0.05, 0) is 48.9 Å². The minimum atomic E-state index is -0.244. The molecule has 0 bridgehead atoms. The normalized spacial score (nSPS) is 12.9. The molecule has 3 aromatic rings. The first-order valence-electron chi connectivity index (χ1n) is 9.39. The number of fused-ring (bicyclic) bond motifs is 1. The molecule has 0 atom stereocenters. The summed E-state index contributed by atoms with van der Waals surface area (Å²) in [6, 6.07) is 23.0. The zero-order valence-corrected chi connectivity index (χ0v) is 16.3. The molecule has 0 saturated carbocycles. The van der Waals surface area contributed by atoms with E-state index in [0.717, 1.165) is 22.7 Å². The molecule has 1 aliphatic heterocycles. The third kappa shape index (κ3) is 4.24. The van der Waals surface area contributed by atoms with Crippen LogP contribution in [0.15, 0.2) is 82.8 Å². The summed E-state index contributed by atoms with van der Waals surface area (Å²) in [5, 5.41) is 2.92. The monoisotopic (exact) mass is 383 g/mol. The van der Waals surface area contributed by atoms with Crippen LogP contribution in [-0.2, 0) is 4.79 Å². The molecule has 5 nitrogen and oxygen atoms in total. The first-order chi connectivity index (χ1) is 14.1. The number of para-hydroxylation sites is 2. The van der Waals surface area contributed by atoms with Crippen molar-refractivity contribution in [2.45, 2.75) is 13.3 Å². The highest BCUT2D eigenvalue weighted by atomic mass is 16.5. The van der Waals surface area contributed by atoms with Crippen LogP contribution >= 0.6 is 0 Å². The largest absolute Gasteiger partial charge is 0.497 e. The van der Waals surface area contributed by atoms with Gasteiger partial charge in [-0.2, -0.15) is 0 Å². The fourth-order valence-electron chi connectivity index (χ4n) is 3.10. The van der Waals surface area contributed by atoms with Gasteiger partial charge in [0.25, 0.3) is 5.91 Å². The molecule has 0 aromatic heterocycles. The van der Waals surface area contributed by atoms with Gasteiger partial charge in [-0.3, -0.25) is 9.79 Å². The maximum Gasteiger partial charge on any atom is 0.270 e. The van der Waals surface area contributed by atoms with Gasteiger partial charge in [0.05, 0.1) is 24.2 Å². The molecule has 1 N–H and O–H groups in total. The molecule has 144 valence electrons. The van der Waals surface area contributed by atoms with Crippen molar-refractivity contribution in [2.24, 2.45) is 9.98 Å². The van der Waals surface area contributed by atoms with Gasteiger partial charge < -0.3 is 10.1 Å². The molecule has 29 heavy (non-hydrogen) atoms. The van der Waals surface area contributed by atoms with E-state index >= 15 is 0 Å². The Labute approximate surface area is 169 Å². The van der Waals surface area contributed by atoms with E-state index in [1.807, 2.05) is 55.5 Å². The minimum absolute atomic E-state index is 0.244. The van der Waals surface area contributed by atoms with Gasteiger partial charge in [-0.1, -0.05) is 42.0 Å². The quantitative estimate of drug-likeness (QED) is 0.670. The number of hydrogen-bond donors (Lipinski definition) is 1. The number of rotatable bonds is 4. The number of methoxy groups -OCH3 is 1. The Morgan fingerprint density at radius 1 is 0.897 bits per heavy atom. The Hall–Kier alpha value is -3.73. The molecule has 1 heterocycles. The van der Waals surface area contributed by atoms with Crippen molar-refractivity contribution in [1.29, 1.82) is 0 Å². The highest BCUT2D eigenvalue weighted by Crippen LogP contribution is 2.31. The van der Waals surface area contributed by atoms with Crippen LogP contribution in [0, 0.1) is 6.92 Å². The predicted molar refractivity (Wildman–Crippen MR) is 117 cm³/mol. The van der Waals surface area contributed by atoms with Crippen LogP contribution in [0.3, 0.4) is 0 Å². The number of aliphatic imine (C=N–C) groups is 2. The van der Waals surface area contributed by atoms with E-state index in [-0.39, 0.29) is 5.91 Å². The number of ether oxygens (including phenoxy) is 1. The number of nitrogens with one attached hydrogen (secondary N) is 1. The highest BCUT2D eigenvalue weighted by molar-refractivity contribution is 6.47. The molecule has 1 aliphatic rings. The van der Waals surface area contributed by atoms with Crippen LogP contribution in [-0.4, -0.2) is 24.4 Å². The number of hydrogen-bond acceptors (Lipinski definition) is 4. The van der Waals surface area contributed by atoms with E-state index < -0.39 is 0 Å². The first kappa shape index (κ1) is 18.6. The Bertz CT molecular complexity index is 1100. The van der Waals surface area contributed by atoms with E-state index in [4.69, 9.17) is 9.73 Å². The van der Waals surface area contributed by atoms with Crippen LogP contribution in [0.25, 0.3) is 0 Å². The lowest BCUT2D eigenvalue weighted by molar-refractivity contribution is -0.110. The van der Waals surface area contributed by atoms with E-state index in [0.29, 0.717) is 23.5 Å². The van der Waals surface area contributed by atoms with Crippen LogP contribution in [0.1, 0.15) is 17.5 Å². The predicted octanol–water partition coefficient (Wildman–Crippen LogP) is 5.24. The number of benzene rings is 3. The number of amides is 1. The van der Waals surface area contributed by atoms with Crippen molar-refractivity contribution in [1.82, 2.24) is 0 Å². The average molecular weight is 383 g/mol. The zero-order valence-electron chi connectivity index (χ0n) is 16.3. The molecule has 1 amide bonds. The lowest BCUT2D eigenvalue weighted by Crippen LogP contribution is -2.25. The maximum atomic E-state index is 13.0. The second-order valence-electron chi connectivity index (χ2n) is 6.83. The van der Waals surface area contributed by atoms with Crippen molar-refractivity contribution in [3.05, 3.63) is 83.9 Å². The maximum absolute atomic E-state index is 13.0. The smallest absolute Gasteiger partial charge is 0.270 e. The fraction of sp³-hybridized carbons (Fsp3) is 0.125. The van der Waals surface area contributed by atoms with E-state index in [1.165, 1.54) is 5.56 Å². The van der Waals surface area contributed by atoms with Crippen LogP contribution in [0.2, 0.25) is 0 Å². The number of nitrogens with zero attached hydrogens (tertiary/aromatic N) is 2. The lowest BCUT2D eigenvalue weighted by Gasteiger charge is -2.09. The van der Waals surface area contributed by atoms with Crippen molar-refractivity contribution < 1.29 is 9.53 Å². The van der Waals surface area contributed by atoms with Gasteiger partial charge >= 0.3 is 0 Å². The van der Waals surface area contributed by atoms with Crippen molar-refractivity contribution in [3.63, 3.8) is 0 Å². The second-order valence-corrected chi connectivity index (χ2v) is 6.83. The van der Waals surface area contributed by atoms with Crippen molar-refractivity contribution >= 4 is 34.4 Å². The van der Waals surface area contributed by atoms with Gasteiger partial charge in [0, 0.05) is 12.1 Å². The molecule has 0 aliphatic carbocycles. The molecular formula is C24H21N3O2. The summed E-state index contributed by atoms with van der Waals surface area (Å²) >= 11 is 0. The Kier molecular flexibility index (Phi) is 5.20. The van der Waals surface area contributed by atoms with Crippen LogP contribution in [0.4, 0.5) is 17.1 Å². The van der Waals surface area contributed by atoms with Gasteiger partial charge in [-0.25, -0.2) is 4.99 Å². The number of anilines is 1. The molecule has 0 fully saturated rings. The van der Waals surface area contributed by atoms with Gasteiger partial charge in [0.1, 0.15) is 11.5 Å². The van der Waals surface area contributed by atoms with Crippen LogP contribution < -0.4 is 10.1 Å². The van der Waals surface area contributed by atoms with Crippen molar-refractivity contribution in [3.8, 4) is 5.75 Å². The average Bonchev–Trinajstić information content (AvgIpc) is 2.95. The van der Waals surface area contributed by atoms with Gasteiger partial charge in [0.15, 0.2) is 0 Å². The number of carbonyl (C=O) groups is 1. The van der Waals surface area contributed by atoms with Gasteiger partial charge in [0.2, 0.25) is 0 Å². The van der Waals surface area contributed by atoms with E-state index in [1.54, 1.807) is 31.4 Å².